The number of carbonyl (C=O) groups is 4. The zero-order valence-corrected chi connectivity index (χ0v) is 26.7. The van der Waals surface area contributed by atoms with Crippen LogP contribution in [0.5, 0.6) is 0 Å². The molecule has 0 aromatic rings. The summed E-state index contributed by atoms with van der Waals surface area (Å²) in [5.74, 6) is -1.92. The van der Waals surface area contributed by atoms with Gasteiger partial charge in [-0.05, 0) is 107 Å². The van der Waals surface area contributed by atoms with Crippen molar-refractivity contribution in [2.24, 2.45) is 22.2 Å². The van der Waals surface area contributed by atoms with Crippen LogP contribution in [0.25, 0.3) is 0 Å². The van der Waals surface area contributed by atoms with Gasteiger partial charge in [0.15, 0.2) is 0 Å². The van der Waals surface area contributed by atoms with Gasteiger partial charge >= 0.3 is 23.9 Å². The summed E-state index contributed by atoms with van der Waals surface area (Å²) in [5.41, 5.74) is -7.94. The average molecular weight is 579 g/mol. The van der Waals surface area contributed by atoms with Gasteiger partial charge in [0, 0.05) is 19.3 Å². The third-order valence-electron chi connectivity index (χ3n) is 9.67. The Morgan fingerprint density at radius 3 is 2.05 bits per heavy atom. The number of cyclic esters (lactones) is 1. The first-order valence-electron chi connectivity index (χ1n) is 15.1. The van der Waals surface area contributed by atoms with Gasteiger partial charge in [0.1, 0.15) is 16.8 Å². The van der Waals surface area contributed by atoms with Crippen molar-refractivity contribution >= 4 is 23.9 Å². The van der Waals surface area contributed by atoms with E-state index in [1.54, 1.807) is 41.5 Å². The van der Waals surface area contributed by atoms with Crippen LogP contribution in [0.2, 0.25) is 0 Å². The molecule has 5 rings (SSSR count). The standard InChI is InChI=1S/C32H50O9/c1-11-28(9,15-26(5,6)21(33)40-29(10)16-27(7,8)39-23(29)35)22(34)41-32-14-20-12-30(18-32,17-31(37,13-20)19-32)24(36)38-25(2,3)4/h20,37H,11-19H2,1-10H3. The van der Waals surface area contributed by atoms with Gasteiger partial charge in [-0.25, -0.2) is 4.79 Å². The molecule has 9 nitrogen and oxygen atoms in total. The minimum absolute atomic E-state index is 0.0482. The average Bonchev–Trinajstić information content (AvgIpc) is 2.95. The Balaban J connectivity index is 1.52. The molecular formula is C32H50O9. The van der Waals surface area contributed by atoms with Crippen molar-refractivity contribution in [2.45, 2.75) is 155 Å². The molecule has 4 bridgehead atoms. The van der Waals surface area contributed by atoms with Crippen LogP contribution in [-0.2, 0) is 38.1 Å². The quantitative estimate of drug-likeness (QED) is 0.306. The minimum Gasteiger partial charge on any atom is -0.460 e. The summed E-state index contributed by atoms with van der Waals surface area (Å²) >= 11 is 0. The summed E-state index contributed by atoms with van der Waals surface area (Å²) in [6.07, 6.45) is 3.47. The molecule has 0 spiro atoms. The molecule has 5 fully saturated rings. The fraction of sp³-hybridized carbons (Fsp3) is 0.875. The van der Waals surface area contributed by atoms with E-state index in [9.17, 15) is 24.3 Å². The van der Waals surface area contributed by atoms with Crippen LogP contribution >= 0.6 is 0 Å². The molecule has 0 aromatic heterocycles. The van der Waals surface area contributed by atoms with Gasteiger partial charge in [-0.1, -0.05) is 6.92 Å². The van der Waals surface area contributed by atoms with E-state index in [0.717, 1.165) is 0 Å². The highest BCUT2D eigenvalue weighted by Gasteiger charge is 2.68. The molecule has 4 saturated carbocycles. The van der Waals surface area contributed by atoms with Crippen molar-refractivity contribution in [1.82, 2.24) is 0 Å². The van der Waals surface area contributed by atoms with E-state index in [2.05, 4.69) is 0 Å². The molecule has 6 unspecified atom stereocenters. The molecule has 5 aliphatic rings. The van der Waals surface area contributed by atoms with Gasteiger partial charge in [0.05, 0.1) is 21.8 Å². The Labute approximate surface area is 244 Å². The summed E-state index contributed by atoms with van der Waals surface area (Å²) in [5, 5.41) is 11.5. The fourth-order valence-electron chi connectivity index (χ4n) is 8.44. The number of esters is 4. The monoisotopic (exact) mass is 578 g/mol. The highest BCUT2D eigenvalue weighted by atomic mass is 16.6. The highest BCUT2D eigenvalue weighted by molar-refractivity contribution is 5.87. The van der Waals surface area contributed by atoms with Crippen LogP contribution in [0.1, 0.15) is 127 Å². The Morgan fingerprint density at radius 1 is 0.902 bits per heavy atom. The lowest BCUT2D eigenvalue weighted by molar-refractivity contribution is -0.254. The molecule has 0 aromatic carbocycles. The van der Waals surface area contributed by atoms with Gasteiger partial charge < -0.3 is 24.1 Å². The van der Waals surface area contributed by atoms with Crippen molar-refractivity contribution < 1.29 is 43.2 Å². The number of carbonyl (C=O) groups excluding carboxylic acids is 4. The third-order valence-corrected chi connectivity index (χ3v) is 9.67. The number of aliphatic hydroxyl groups is 1. The predicted molar refractivity (Wildman–Crippen MR) is 149 cm³/mol. The second-order valence-corrected chi connectivity index (χ2v) is 16.5. The Kier molecular flexibility index (Phi) is 7.30. The molecule has 4 aliphatic carbocycles. The van der Waals surface area contributed by atoms with E-state index in [0.29, 0.717) is 38.5 Å². The minimum atomic E-state index is -1.40. The van der Waals surface area contributed by atoms with E-state index < -0.39 is 62.2 Å². The van der Waals surface area contributed by atoms with Gasteiger partial charge in [-0.15, -0.1) is 0 Å². The molecule has 1 saturated heterocycles. The van der Waals surface area contributed by atoms with Crippen molar-refractivity contribution in [3.05, 3.63) is 0 Å². The summed E-state index contributed by atoms with van der Waals surface area (Å²) in [7, 11) is 0. The molecule has 41 heavy (non-hydrogen) atoms. The summed E-state index contributed by atoms with van der Waals surface area (Å²) in [6, 6.07) is 0. The van der Waals surface area contributed by atoms with Gasteiger partial charge in [0.25, 0.3) is 0 Å². The largest absolute Gasteiger partial charge is 0.460 e. The molecular weight excluding hydrogens is 528 g/mol. The Hall–Kier alpha value is -2.16. The molecule has 6 atom stereocenters. The highest BCUT2D eigenvalue weighted by Crippen LogP contribution is 2.65. The van der Waals surface area contributed by atoms with Crippen LogP contribution in [-0.4, -0.2) is 57.0 Å². The van der Waals surface area contributed by atoms with Crippen LogP contribution in [0.4, 0.5) is 0 Å². The molecule has 0 amide bonds. The first kappa shape index (κ1) is 31.8. The molecule has 232 valence electrons. The van der Waals surface area contributed by atoms with Crippen LogP contribution in [0.3, 0.4) is 0 Å². The zero-order valence-electron chi connectivity index (χ0n) is 26.7. The van der Waals surface area contributed by atoms with E-state index in [-0.39, 0.29) is 31.1 Å². The second-order valence-electron chi connectivity index (χ2n) is 16.5. The van der Waals surface area contributed by atoms with Crippen LogP contribution < -0.4 is 0 Å². The van der Waals surface area contributed by atoms with Crippen molar-refractivity contribution in [3.63, 3.8) is 0 Å². The maximum atomic E-state index is 14.0. The van der Waals surface area contributed by atoms with E-state index in [1.807, 2.05) is 27.7 Å². The van der Waals surface area contributed by atoms with Gasteiger partial charge in [-0.2, -0.15) is 0 Å². The third kappa shape index (κ3) is 6.02. The number of rotatable bonds is 8. The molecule has 1 heterocycles. The smallest absolute Gasteiger partial charge is 0.351 e. The van der Waals surface area contributed by atoms with Crippen molar-refractivity contribution in [1.29, 1.82) is 0 Å². The maximum Gasteiger partial charge on any atom is 0.351 e. The summed E-state index contributed by atoms with van der Waals surface area (Å²) < 4.78 is 23.3. The maximum absolute atomic E-state index is 14.0. The van der Waals surface area contributed by atoms with Crippen LogP contribution in [0, 0.1) is 22.2 Å². The second kappa shape index (κ2) is 9.42. The Bertz CT molecular complexity index is 1130. The number of ether oxygens (including phenoxy) is 4. The predicted octanol–water partition coefficient (Wildman–Crippen LogP) is 5.19. The molecule has 0 radical (unpaired) electrons. The lowest BCUT2D eigenvalue weighted by Crippen LogP contribution is -2.67. The SMILES string of the molecule is CCC(C)(CC(C)(C)C(=O)OC1(C)CC(C)(C)OC1=O)C(=O)OC12CC3CC(O)(C1)CC(C(=O)OC(C)(C)C)(C3)C2. The molecule has 1 N–H and O–H groups in total. The number of hydrogen-bond acceptors (Lipinski definition) is 9. The van der Waals surface area contributed by atoms with E-state index >= 15 is 0 Å². The van der Waals surface area contributed by atoms with Crippen molar-refractivity contribution in [2.75, 3.05) is 0 Å². The first-order chi connectivity index (χ1) is 18.4. The lowest BCUT2D eigenvalue weighted by Gasteiger charge is -2.63. The van der Waals surface area contributed by atoms with Gasteiger partial charge in [0.2, 0.25) is 5.60 Å². The van der Waals surface area contributed by atoms with Crippen molar-refractivity contribution in [3.8, 4) is 0 Å². The Morgan fingerprint density at radius 2 is 1.54 bits per heavy atom. The summed E-state index contributed by atoms with van der Waals surface area (Å²) in [6.45, 7) is 17.6. The zero-order chi connectivity index (χ0) is 31.1. The topological polar surface area (TPSA) is 125 Å². The normalized spacial score (nSPS) is 37.2. The lowest BCUT2D eigenvalue weighted by atomic mass is 9.46. The fourth-order valence-corrected chi connectivity index (χ4v) is 8.44. The van der Waals surface area contributed by atoms with E-state index in [4.69, 9.17) is 18.9 Å². The number of hydrogen-bond donors (Lipinski definition) is 1. The van der Waals surface area contributed by atoms with E-state index in [1.165, 1.54) is 0 Å². The first-order valence-corrected chi connectivity index (χ1v) is 15.1. The van der Waals surface area contributed by atoms with Gasteiger partial charge in [-0.3, -0.25) is 14.4 Å². The molecule has 9 heteroatoms. The van der Waals surface area contributed by atoms with Crippen LogP contribution in [0.15, 0.2) is 0 Å². The summed E-state index contributed by atoms with van der Waals surface area (Å²) in [4.78, 5) is 53.4. The molecule has 1 aliphatic heterocycles.